The SMILES string of the molecule is CCNCc1cc(C)ccc1Oc1cc(C)c(Br)c(C)c1. The van der Waals surface area contributed by atoms with Crippen molar-refractivity contribution in [2.45, 2.75) is 34.2 Å². The molecule has 0 radical (unpaired) electrons. The summed E-state index contributed by atoms with van der Waals surface area (Å²) in [5, 5.41) is 3.36. The van der Waals surface area contributed by atoms with Crippen molar-refractivity contribution in [3.63, 3.8) is 0 Å². The van der Waals surface area contributed by atoms with Gasteiger partial charge in [0.1, 0.15) is 11.5 Å². The molecule has 0 amide bonds. The number of hydrogen-bond donors (Lipinski definition) is 1. The minimum absolute atomic E-state index is 0.821. The van der Waals surface area contributed by atoms with Crippen LogP contribution in [0.2, 0.25) is 0 Å². The number of rotatable bonds is 5. The molecule has 0 spiro atoms. The summed E-state index contributed by atoms with van der Waals surface area (Å²) in [5.74, 6) is 1.80. The number of aryl methyl sites for hydroxylation is 3. The van der Waals surface area contributed by atoms with Crippen molar-refractivity contribution in [1.82, 2.24) is 5.32 Å². The van der Waals surface area contributed by atoms with E-state index >= 15 is 0 Å². The average Bonchev–Trinajstić information content (AvgIpc) is 2.45. The van der Waals surface area contributed by atoms with Crippen LogP contribution in [0.4, 0.5) is 0 Å². The third-order valence-electron chi connectivity index (χ3n) is 3.42. The lowest BCUT2D eigenvalue weighted by atomic mass is 10.1. The first-order valence-corrected chi connectivity index (χ1v) is 8.05. The molecule has 0 aliphatic rings. The van der Waals surface area contributed by atoms with Gasteiger partial charge in [-0.3, -0.25) is 0 Å². The van der Waals surface area contributed by atoms with E-state index in [1.807, 2.05) is 0 Å². The fourth-order valence-electron chi connectivity index (χ4n) is 2.30. The third-order valence-corrected chi connectivity index (χ3v) is 4.67. The molecule has 0 aliphatic carbocycles. The van der Waals surface area contributed by atoms with Gasteiger partial charge in [-0.25, -0.2) is 0 Å². The molecule has 0 fully saturated rings. The lowest BCUT2D eigenvalue weighted by molar-refractivity contribution is 0.472. The highest BCUT2D eigenvalue weighted by Crippen LogP contribution is 2.31. The molecule has 0 aliphatic heterocycles. The van der Waals surface area contributed by atoms with Crippen molar-refractivity contribution < 1.29 is 4.74 Å². The lowest BCUT2D eigenvalue weighted by Gasteiger charge is -2.14. The molecule has 0 aromatic heterocycles. The molecular weight excluding hydrogens is 326 g/mol. The van der Waals surface area contributed by atoms with Crippen LogP contribution in [0.25, 0.3) is 0 Å². The Balaban J connectivity index is 2.30. The van der Waals surface area contributed by atoms with Crippen LogP contribution in [-0.2, 0) is 6.54 Å². The zero-order chi connectivity index (χ0) is 15.4. The minimum Gasteiger partial charge on any atom is -0.457 e. The maximum atomic E-state index is 6.12. The maximum Gasteiger partial charge on any atom is 0.131 e. The van der Waals surface area contributed by atoms with Gasteiger partial charge in [0.05, 0.1) is 0 Å². The van der Waals surface area contributed by atoms with Crippen molar-refractivity contribution in [2.75, 3.05) is 6.54 Å². The summed E-state index contributed by atoms with van der Waals surface area (Å²) in [4.78, 5) is 0. The normalized spacial score (nSPS) is 10.7. The Labute approximate surface area is 135 Å². The number of ether oxygens (including phenoxy) is 1. The van der Waals surface area contributed by atoms with Crippen LogP contribution in [0, 0.1) is 20.8 Å². The molecule has 1 N–H and O–H groups in total. The van der Waals surface area contributed by atoms with Crippen molar-refractivity contribution >= 4 is 15.9 Å². The predicted molar refractivity (Wildman–Crippen MR) is 92.2 cm³/mol. The van der Waals surface area contributed by atoms with E-state index in [0.717, 1.165) is 29.1 Å². The van der Waals surface area contributed by atoms with E-state index in [1.54, 1.807) is 0 Å². The van der Waals surface area contributed by atoms with Crippen molar-refractivity contribution in [3.05, 3.63) is 57.1 Å². The van der Waals surface area contributed by atoms with Crippen LogP contribution in [-0.4, -0.2) is 6.54 Å². The highest BCUT2D eigenvalue weighted by Gasteiger charge is 2.08. The second-order valence-corrected chi connectivity index (χ2v) is 6.16. The largest absolute Gasteiger partial charge is 0.457 e. The molecule has 2 aromatic rings. The Morgan fingerprint density at radius 2 is 1.71 bits per heavy atom. The topological polar surface area (TPSA) is 21.3 Å². The highest BCUT2D eigenvalue weighted by molar-refractivity contribution is 9.10. The van der Waals surface area contributed by atoms with E-state index < -0.39 is 0 Å². The number of nitrogens with one attached hydrogen (secondary N) is 1. The molecular formula is C18H22BrNO. The van der Waals surface area contributed by atoms with Crippen LogP contribution in [0.5, 0.6) is 11.5 Å². The van der Waals surface area contributed by atoms with E-state index in [2.05, 4.69) is 79.3 Å². The van der Waals surface area contributed by atoms with E-state index in [9.17, 15) is 0 Å². The summed E-state index contributed by atoms with van der Waals surface area (Å²) < 4.78 is 7.26. The maximum absolute atomic E-state index is 6.12. The van der Waals surface area contributed by atoms with Crippen LogP contribution in [0.15, 0.2) is 34.8 Å². The molecule has 112 valence electrons. The third kappa shape index (κ3) is 4.08. The Bertz CT molecular complexity index is 614. The van der Waals surface area contributed by atoms with Gasteiger partial charge in [0.2, 0.25) is 0 Å². The molecule has 0 unspecified atom stereocenters. The zero-order valence-electron chi connectivity index (χ0n) is 13.1. The zero-order valence-corrected chi connectivity index (χ0v) is 14.7. The van der Waals surface area contributed by atoms with Gasteiger partial charge in [-0.1, -0.05) is 40.5 Å². The molecule has 0 atom stereocenters. The fourth-order valence-corrected chi connectivity index (χ4v) is 2.53. The summed E-state index contributed by atoms with van der Waals surface area (Å²) in [5.41, 5.74) is 4.81. The molecule has 21 heavy (non-hydrogen) atoms. The average molecular weight is 348 g/mol. The van der Waals surface area contributed by atoms with Crippen LogP contribution in [0.1, 0.15) is 29.2 Å². The lowest BCUT2D eigenvalue weighted by Crippen LogP contribution is -2.12. The standard InChI is InChI=1S/C18H22BrNO/c1-5-20-11-15-8-12(2)6-7-17(15)21-16-9-13(3)18(19)14(4)10-16/h6-10,20H,5,11H2,1-4H3. The van der Waals surface area contributed by atoms with E-state index in [0.29, 0.717) is 0 Å². The molecule has 0 bridgehead atoms. The minimum atomic E-state index is 0.821. The Hall–Kier alpha value is -1.32. The second-order valence-electron chi connectivity index (χ2n) is 5.36. The van der Waals surface area contributed by atoms with Gasteiger partial charge in [0, 0.05) is 16.6 Å². The molecule has 2 rings (SSSR count). The Morgan fingerprint density at radius 1 is 1.05 bits per heavy atom. The quantitative estimate of drug-likeness (QED) is 0.794. The summed E-state index contributed by atoms with van der Waals surface area (Å²) in [7, 11) is 0. The van der Waals surface area contributed by atoms with Crippen molar-refractivity contribution in [1.29, 1.82) is 0 Å². The van der Waals surface area contributed by atoms with Gasteiger partial charge in [-0.15, -0.1) is 0 Å². The Kier molecular flexibility index (Phi) is 5.43. The van der Waals surface area contributed by atoms with Crippen molar-refractivity contribution in [2.24, 2.45) is 0 Å². The van der Waals surface area contributed by atoms with E-state index in [1.165, 1.54) is 22.3 Å². The fraction of sp³-hybridized carbons (Fsp3) is 0.333. The molecule has 0 heterocycles. The second kappa shape index (κ2) is 7.10. The van der Waals surface area contributed by atoms with Gasteiger partial charge >= 0.3 is 0 Å². The highest BCUT2D eigenvalue weighted by atomic mass is 79.9. The summed E-state index contributed by atoms with van der Waals surface area (Å²) in [6, 6.07) is 10.4. The number of hydrogen-bond acceptors (Lipinski definition) is 2. The molecule has 2 nitrogen and oxygen atoms in total. The van der Waals surface area contributed by atoms with Crippen LogP contribution < -0.4 is 10.1 Å². The first-order chi connectivity index (χ1) is 10.0. The molecule has 2 aromatic carbocycles. The smallest absolute Gasteiger partial charge is 0.131 e. The van der Waals surface area contributed by atoms with E-state index in [-0.39, 0.29) is 0 Å². The van der Waals surface area contributed by atoms with E-state index in [4.69, 9.17) is 4.74 Å². The number of benzene rings is 2. The van der Waals surface area contributed by atoms with Gasteiger partial charge in [0.25, 0.3) is 0 Å². The summed E-state index contributed by atoms with van der Waals surface area (Å²) in [6.45, 7) is 10.1. The molecule has 0 saturated carbocycles. The monoisotopic (exact) mass is 347 g/mol. The van der Waals surface area contributed by atoms with Crippen LogP contribution >= 0.6 is 15.9 Å². The predicted octanol–water partition coefficient (Wildman–Crippen LogP) is 5.28. The first kappa shape index (κ1) is 16.1. The van der Waals surface area contributed by atoms with Gasteiger partial charge in [-0.2, -0.15) is 0 Å². The summed E-state index contributed by atoms with van der Waals surface area (Å²) >= 11 is 3.59. The Morgan fingerprint density at radius 3 is 2.33 bits per heavy atom. The van der Waals surface area contributed by atoms with Gasteiger partial charge in [-0.05, 0) is 56.6 Å². The molecule has 0 saturated heterocycles. The van der Waals surface area contributed by atoms with Gasteiger partial charge in [0.15, 0.2) is 0 Å². The van der Waals surface area contributed by atoms with Gasteiger partial charge < -0.3 is 10.1 Å². The van der Waals surface area contributed by atoms with Crippen LogP contribution in [0.3, 0.4) is 0 Å². The molecule has 3 heteroatoms. The van der Waals surface area contributed by atoms with Crippen molar-refractivity contribution in [3.8, 4) is 11.5 Å². The summed E-state index contributed by atoms with van der Waals surface area (Å²) in [6.07, 6.45) is 0. The first-order valence-electron chi connectivity index (χ1n) is 7.26. The number of halogens is 1.